The third-order valence-electron chi connectivity index (χ3n) is 19.9. The van der Waals surface area contributed by atoms with Gasteiger partial charge in [-0.05, 0) is 161 Å². The molecule has 3 aliphatic heterocycles. The number of fused-ring (bicyclic) bond motifs is 8. The predicted molar refractivity (Wildman–Crippen MR) is 348 cm³/mol. The number of benzene rings is 7. The maximum absolute atomic E-state index is 2.89. The van der Waals surface area contributed by atoms with Crippen LogP contribution in [0.5, 0.6) is 0 Å². The third kappa shape index (κ3) is 8.24. The summed E-state index contributed by atoms with van der Waals surface area (Å²) in [5.74, 6) is 0. The van der Waals surface area contributed by atoms with E-state index in [4.69, 9.17) is 0 Å². The van der Waals surface area contributed by atoms with Crippen LogP contribution >= 0.6 is 0 Å². The molecule has 0 N–H and O–H groups in total. The summed E-state index contributed by atoms with van der Waals surface area (Å²) in [5, 5.41) is 1.38. The second-order valence-electron chi connectivity index (χ2n) is 31.5. The van der Waals surface area contributed by atoms with Crippen LogP contribution in [0.2, 0.25) is 0 Å². The SMILES string of the molecule is CC(C)(C)c1ccc(-c2c(-c3ccc(C(C)(C)C)cc3)n3c4c(cc5c(c24)N(c2ccc(C(C)(C)C)cc2)C2(C)CCCCC52C)-c2cc(C(C)(C)C)cc4c2B3c2cc(C(C)(C)C)ccc2N4c2ccc(C(C)(C)C)cc2)cc1. The first kappa shape index (κ1) is 54.3. The zero-order valence-electron chi connectivity index (χ0n) is 52.4. The molecule has 8 aromatic rings. The molecule has 12 rings (SSSR count). The van der Waals surface area contributed by atoms with Crippen molar-refractivity contribution < 1.29 is 0 Å². The largest absolute Gasteiger partial charge is 0.375 e. The molecule has 0 bridgehead atoms. The van der Waals surface area contributed by atoms with Crippen molar-refractivity contribution in [2.24, 2.45) is 0 Å². The van der Waals surface area contributed by atoms with E-state index in [1.54, 1.807) is 0 Å². The van der Waals surface area contributed by atoms with Crippen molar-refractivity contribution in [3.8, 4) is 33.5 Å². The average Bonchev–Trinajstić information content (AvgIpc) is 3.08. The van der Waals surface area contributed by atoms with Crippen LogP contribution < -0.4 is 20.7 Å². The highest BCUT2D eigenvalue weighted by molar-refractivity contribution is 6.90. The van der Waals surface area contributed by atoms with Gasteiger partial charge in [0.15, 0.2) is 0 Å². The Bertz CT molecular complexity index is 3770. The van der Waals surface area contributed by atoms with E-state index in [1.165, 1.54) is 136 Å². The van der Waals surface area contributed by atoms with Crippen LogP contribution in [0.4, 0.5) is 28.4 Å². The Hall–Kier alpha value is -6.26. The molecular weight excluding hydrogens is 966 g/mol. The van der Waals surface area contributed by atoms with Gasteiger partial charge in [-0.2, -0.15) is 0 Å². The Labute approximate surface area is 482 Å². The minimum absolute atomic E-state index is 0.000675. The van der Waals surface area contributed by atoms with Gasteiger partial charge >= 0.3 is 6.85 Å². The Morgan fingerprint density at radius 1 is 0.425 bits per heavy atom. The van der Waals surface area contributed by atoms with Crippen molar-refractivity contribution in [1.29, 1.82) is 0 Å². The van der Waals surface area contributed by atoms with E-state index < -0.39 is 0 Å². The molecular formula is C76H90BN3. The predicted octanol–water partition coefficient (Wildman–Crippen LogP) is 19.9. The maximum atomic E-state index is 2.89. The van der Waals surface area contributed by atoms with Gasteiger partial charge in [-0.15, -0.1) is 0 Å². The average molecular weight is 1060 g/mol. The minimum atomic E-state index is -0.181. The highest BCUT2D eigenvalue weighted by Crippen LogP contribution is 2.66. The van der Waals surface area contributed by atoms with Crippen molar-refractivity contribution in [3.05, 3.63) is 172 Å². The number of anilines is 5. The summed E-state index contributed by atoms with van der Waals surface area (Å²) in [6, 6.07) is 54.4. The second-order valence-corrected chi connectivity index (χ2v) is 31.5. The summed E-state index contributed by atoms with van der Waals surface area (Å²) in [5.41, 5.74) is 27.6. The van der Waals surface area contributed by atoms with Crippen molar-refractivity contribution in [2.75, 3.05) is 9.80 Å². The van der Waals surface area contributed by atoms with Crippen LogP contribution in [0, 0.1) is 0 Å². The lowest BCUT2D eigenvalue weighted by Crippen LogP contribution is -2.57. The van der Waals surface area contributed by atoms with Gasteiger partial charge in [0.1, 0.15) is 0 Å². The van der Waals surface area contributed by atoms with Crippen LogP contribution in [-0.2, 0) is 37.9 Å². The number of nitrogens with zero attached hydrogens (tertiary/aromatic N) is 3. The van der Waals surface area contributed by atoms with Crippen molar-refractivity contribution in [2.45, 2.75) is 208 Å². The summed E-state index contributed by atoms with van der Waals surface area (Å²) in [6.45, 7) is 47.6. The van der Waals surface area contributed by atoms with Crippen LogP contribution in [0.25, 0.3) is 44.4 Å². The van der Waals surface area contributed by atoms with E-state index in [-0.39, 0.29) is 50.3 Å². The summed E-state index contributed by atoms with van der Waals surface area (Å²) in [4.78, 5) is 5.53. The lowest BCUT2D eigenvalue weighted by atomic mass is 9.44. The van der Waals surface area contributed by atoms with Crippen LogP contribution in [-0.4, -0.2) is 16.9 Å². The van der Waals surface area contributed by atoms with Gasteiger partial charge in [-0.25, -0.2) is 0 Å². The van der Waals surface area contributed by atoms with Gasteiger partial charge in [-0.3, -0.25) is 0 Å². The molecule has 4 heteroatoms. The van der Waals surface area contributed by atoms with Gasteiger partial charge < -0.3 is 14.3 Å². The molecule has 2 atom stereocenters. The number of hydrogen-bond acceptors (Lipinski definition) is 2. The first-order valence-corrected chi connectivity index (χ1v) is 30.3. The van der Waals surface area contributed by atoms with E-state index in [2.05, 4.69) is 286 Å². The van der Waals surface area contributed by atoms with Crippen LogP contribution in [0.15, 0.2) is 133 Å². The lowest BCUT2D eigenvalue weighted by Gasteiger charge is -2.50. The molecule has 3 nitrogen and oxygen atoms in total. The highest BCUT2D eigenvalue weighted by atomic mass is 15.3. The number of aromatic nitrogens is 1. The lowest BCUT2D eigenvalue weighted by molar-refractivity contribution is 0.195. The Morgan fingerprint density at radius 3 is 1.40 bits per heavy atom. The molecule has 0 radical (unpaired) electrons. The summed E-state index contributed by atoms with van der Waals surface area (Å²) in [7, 11) is 0. The first-order valence-electron chi connectivity index (χ1n) is 30.3. The smallest absolute Gasteiger partial charge is 0.333 e. The molecule has 7 aromatic carbocycles. The van der Waals surface area contributed by atoms with E-state index in [0.717, 1.165) is 12.8 Å². The fourth-order valence-electron chi connectivity index (χ4n) is 14.6. The highest BCUT2D eigenvalue weighted by Gasteiger charge is 2.60. The zero-order chi connectivity index (χ0) is 57.4. The Morgan fingerprint density at radius 2 is 0.887 bits per heavy atom. The summed E-state index contributed by atoms with van der Waals surface area (Å²) < 4.78 is 2.89. The van der Waals surface area contributed by atoms with Gasteiger partial charge in [0.2, 0.25) is 0 Å². The van der Waals surface area contributed by atoms with E-state index >= 15 is 0 Å². The molecule has 1 aliphatic carbocycles. The molecule has 0 amide bonds. The Balaban J connectivity index is 1.32. The second kappa shape index (κ2) is 17.6. The normalized spacial score (nSPS) is 19.1. The van der Waals surface area contributed by atoms with Gasteiger partial charge in [-0.1, -0.05) is 235 Å². The molecule has 1 saturated carbocycles. The van der Waals surface area contributed by atoms with Crippen molar-refractivity contribution in [3.63, 3.8) is 0 Å². The van der Waals surface area contributed by atoms with Gasteiger partial charge in [0.25, 0.3) is 0 Å². The number of hydrogen-bond donors (Lipinski definition) is 0. The molecule has 1 aromatic heterocycles. The van der Waals surface area contributed by atoms with Crippen molar-refractivity contribution in [1.82, 2.24) is 4.48 Å². The Kier molecular flexibility index (Phi) is 12.0. The van der Waals surface area contributed by atoms with Crippen molar-refractivity contribution >= 4 is 57.1 Å². The fraction of sp³-hybridized carbons (Fsp3) is 0.421. The molecule has 412 valence electrons. The monoisotopic (exact) mass is 1060 g/mol. The quantitative estimate of drug-likeness (QED) is 0.163. The summed E-state index contributed by atoms with van der Waals surface area (Å²) in [6.07, 6.45) is 4.69. The summed E-state index contributed by atoms with van der Waals surface area (Å²) >= 11 is 0. The zero-order valence-corrected chi connectivity index (χ0v) is 52.4. The topological polar surface area (TPSA) is 11.4 Å². The first-order chi connectivity index (χ1) is 37.2. The fourth-order valence-corrected chi connectivity index (χ4v) is 14.6. The van der Waals surface area contributed by atoms with Crippen LogP contribution in [0.1, 0.15) is 203 Å². The number of rotatable bonds is 4. The van der Waals surface area contributed by atoms with E-state index in [0.29, 0.717) is 0 Å². The molecule has 4 aliphatic rings. The van der Waals surface area contributed by atoms with Gasteiger partial charge in [0.05, 0.1) is 11.2 Å². The minimum Gasteiger partial charge on any atom is -0.375 e. The molecule has 2 unspecified atom stereocenters. The molecule has 1 fully saturated rings. The van der Waals surface area contributed by atoms with E-state index in [1.807, 2.05) is 0 Å². The third-order valence-corrected chi connectivity index (χ3v) is 19.9. The standard InChI is InChI=1S/C76H90BN3/c1-69(2,3)49-27-23-47(24-28-49)63-64-67-58(46-59-68(64)79(76(20)42-22-21-41-75(59,76)19)56-38-33-52(34-39-56)72(10,11)12)57-43-54(74(16,17)18)45-62-65(57)77(80(67)66(63)48-25-29-50(30-26-48)70(4,5)6)60-44-53(73(13,14)15)35-40-61(60)78(62)55-36-31-51(32-37-55)71(7,8)9/h23-40,43-46H,21-22,41-42H2,1-20H3. The maximum Gasteiger partial charge on any atom is 0.333 e. The molecule has 0 saturated heterocycles. The molecule has 4 heterocycles. The molecule has 0 spiro atoms. The van der Waals surface area contributed by atoms with Gasteiger partial charge in [0, 0.05) is 55.9 Å². The van der Waals surface area contributed by atoms with E-state index in [9.17, 15) is 0 Å². The van der Waals surface area contributed by atoms with Crippen LogP contribution in [0.3, 0.4) is 0 Å². The molecule has 80 heavy (non-hydrogen) atoms.